The third-order valence-electron chi connectivity index (χ3n) is 6.19. The van der Waals surface area contributed by atoms with Crippen molar-refractivity contribution in [2.45, 2.75) is 47.5 Å². The zero-order valence-electron chi connectivity index (χ0n) is 18.4. The Bertz CT molecular complexity index is 805. The molecule has 0 fully saturated rings. The van der Waals surface area contributed by atoms with Gasteiger partial charge < -0.3 is 15.0 Å². The quantitative estimate of drug-likeness (QED) is 0.615. The first kappa shape index (κ1) is 20.9. The van der Waals surface area contributed by atoms with Crippen molar-refractivity contribution in [1.29, 1.82) is 0 Å². The third kappa shape index (κ3) is 4.96. The third-order valence-corrected chi connectivity index (χ3v) is 6.19. The number of benzene rings is 1. The maximum atomic E-state index is 5.33. The first-order valence-corrected chi connectivity index (χ1v) is 10.8. The Morgan fingerprint density at radius 2 is 2.04 bits per heavy atom. The predicted molar refractivity (Wildman–Crippen MR) is 118 cm³/mol. The summed E-state index contributed by atoms with van der Waals surface area (Å²) >= 11 is 0. The summed E-state index contributed by atoms with van der Waals surface area (Å²) in [5, 5.41) is 3.68. The summed E-state index contributed by atoms with van der Waals surface area (Å²) in [6, 6.07) is 6.04. The molecule has 0 saturated carbocycles. The van der Waals surface area contributed by atoms with Crippen LogP contribution in [0.15, 0.2) is 29.8 Å². The average Bonchev–Trinajstić information content (AvgIpc) is 3.04. The number of aromatic amines is 1. The average molecular weight is 384 g/mol. The molecule has 28 heavy (non-hydrogen) atoms. The zero-order chi connectivity index (χ0) is 20.3. The van der Waals surface area contributed by atoms with Crippen LogP contribution in [-0.2, 0) is 6.42 Å². The predicted octanol–water partition coefficient (Wildman–Crippen LogP) is 5.21. The van der Waals surface area contributed by atoms with E-state index in [1.165, 1.54) is 12.0 Å². The lowest BCUT2D eigenvalue weighted by Gasteiger charge is -2.37. The van der Waals surface area contributed by atoms with Crippen LogP contribution in [0.5, 0.6) is 5.75 Å². The van der Waals surface area contributed by atoms with E-state index in [9.17, 15) is 0 Å². The van der Waals surface area contributed by atoms with Crippen molar-refractivity contribution in [3.63, 3.8) is 0 Å². The van der Waals surface area contributed by atoms with Gasteiger partial charge in [0.15, 0.2) is 0 Å². The number of imidazole rings is 1. The van der Waals surface area contributed by atoms with Crippen LogP contribution >= 0.6 is 0 Å². The number of nitrogens with one attached hydrogen (secondary N) is 2. The Labute approximate surface area is 170 Å². The van der Waals surface area contributed by atoms with Gasteiger partial charge in [0, 0.05) is 19.0 Å². The van der Waals surface area contributed by atoms with Crippen LogP contribution in [0.2, 0.25) is 0 Å². The van der Waals surface area contributed by atoms with Gasteiger partial charge in [0.05, 0.1) is 18.1 Å². The smallest absolute Gasteiger partial charge is 0.121 e. The molecule has 1 aromatic heterocycles. The molecule has 4 heteroatoms. The maximum absolute atomic E-state index is 5.33. The van der Waals surface area contributed by atoms with E-state index in [0.717, 1.165) is 48.0 Å². The Hall–Kier alpha value is -1.81. The number of H-pyrrole nitrogens is 1. The highest BCUT2D eigenvalue weighted by Crippen LogP contribution is 2.38. The van der Waals surface area contributed by atoms with Crippen molar-refractivity contribution in [3.8, 4) is 5.75 Å². The Morgan fingerprint density at radius 3 is 2.71 bits per heavy atom. The lowest BCUT2D eigenvalue weighted by atomic mass is 9.69. The number of rotatable bonds is 8. The maximum Gasteiger partial charge on any atom is 0.121 e. The topological polar surface area (TPSA) is 49.9 Å². The molecule has 1 heterocycles. The fourth-order valence-corrected chi connectivity index (χ4v) is 4.55. The highest BCUT2D eigenvalue weighted by atomic mass is 16.5. The second kappa shape index (κ2) is 9.13. The highest BCUT2D eigenvalue weighted by Gasteiger charge is 2.31. The van der Waals surface area contributed by atoms with Crippen LogP contribution in [0, 0.1) is 29.6 Å². The molecule has 1 aliphatic carbocycles. The second-order valence-electron chi connectivity index (χ2n) is 9.24. The van der Waals surface area contributed by atoms with Gasteiger partial charge in [-0.3, -0.25) is 0 Å². The van der Waals surface area contributed by atoms with Gasteiger partial charge in [-0.1, -0.05) is 39.3 Å². The van der Waals surface area contributed by atoms with Crippen molar-refractivity contribution in [3.05, 3.63) is 35.7 Å². The Kier molecular flexibility index (Phi) is 6.82. The molecule has 0 amide bonds. The van der Waals surface area contributed by atoms with Crippen LogP contribution < -0.4 is 10.1 Å². The molecule has 2 aromatic rings. The molecule has 2 N–H and O–H groups in total. The summed E-state index contributed by atoms with van der Waals surface area (Å²) in [5.74, 6) is 5.26. The number of nitrogens with zero attached hydrogens (tertiary/aromatic N) is 1. The lowest BCUT2D eigenvalue weighted by molar-refractivity contribution is 0.220. The molecule has 1 aromatic carbocycles. The molecule has 3 atom stereocenters. The molecule has 1 aliphatic rings. The number of ether oxygens (including phenoxy) is 1. The van der Waals surface area contributed by atoms with E-state index in [2.05, 4.69) is 51.0 Å². The molecule has 4 nitrogen and oxygen atoms in total. The summed E-state index contributed by atoms with van der Waals surface area (Å²) in [6.07, 6.45) is 4.76. The number of aromatic nitrogens is 2. The lowest BCUT2D eigenvalue weighted by Crippen LogP contribution is -2.36. The Balaban J connectivity index is 1.73. The number of hydrogen-bond donors (Lipinski definition) is 2. The van der Waals surface area contributed by atoms with E-state index in [1.807, 2.05) is 18.2 Å². The van der Waals surface area contributed by atoms with Crippen LogP contribution in [0.3, 0.4) is 0 Å². The molecule has 0 aliphatic heterocycles. The van der Waals surface area contributed by atoms with Gasteiger partial charge in [-0.25, -0.2) is 4.98 Å². The molecule has 0 saturated heterocycles. The zero-order valence-corrected chi connectivity index (χ0v) is 18.4. The van der Waals surface area contributed by atoms with Gasteiger partial charge in [0.1, 0.15) is 11.6 Å². The summed E-state index contributed by atoms with van der Waals surface area (Å²) in [7, 11) is 1.70. The van der Waals surface area contributed by atoms with Crippen LogP contribution in [0.25, 0.3) is 11.0 Å². The first-order valence-electron chi connectivity index (χ1n) is 10.8. The molecule has 3 rings (SSSR count). The SMILES string of the molecule is COc1ccc2nc(C[C@@H]3C[C@@H](C(C)C)[C@H](CNCC(C)C)C=C3C)[nH]c2c1. The largest absolute Gasteiger partial charge is 0.497 e. The molecule has 0 bridgehead atoms. The highest BCUT2D eigenvalue weighted by molar-refractivity contribution is 5.76. The Morgan fingerprint density at radius 1 is 1.25 bits per heavy atom. The van der Waals surface area contributed by atoms with Gasteiger partial charge in [0.25, 0.3) is 0 Å². The molecule has 0 unspecified atom stereocenters. The van der Waals surface area contributed by atoms with Crippen molar-refractivity contribution in [1.82, 2.24) is 15.3 Å². The van der Waals surface area contributed by atoms with Crippen LogP contribution in [0.4, 0.5) is 0 Å². The number of hydrogen-bond acceptors (Lipinski definition) is 3. The second-order valence-corrected chi connectivity index (χ2v) is 9.24. The minimum Gasteiger partial charge on any atom is -0.497 e. The molecule has 0 radical (unpaired) electrons. The van der Waals surface area contributed by atoms with Gasteiger partial charge in [-0.05, 0) is 61.6 Å². The van der Waals surface area contributed by atoms with Crippen LogP contribution in [-0.4, -0.2) is 30.2 Å². The summed E-state index contributed by atoms with van der Waals surface area (Å²) in [4.78, 5) is 8.33. The van der Waals surface area contributed by atoms with E-state index in [1.54, 1.807) is 7.11 Å². The minimum atomic E-state index is 0.566. The summed E-state index contributed by atoms with van der Waals surface area (Å²) < 4.78 is 5.33. The van der Waals surface area contributed by atoms with Crippen LogP contribution in [0.1, 0.15) is 46.9 Å². The normalized spacial score (nSPS) is 22.9. The first-order chi connectivity index (χ1) is 13.4. The van der Waals surface area contributed by atoms with Gasteiger partial charge in [-0.2, -0.15) is 0 Å². The van der Waals surface area contributed by atoms with Gasteiger partial charge >= 0.3 is 0 Å². The monoisotopic (exact) mass is 383 g/mol. The van der Waals surface area contributed by atoms with Crippen molar-refractivity contribution in [2.24, 2.45) is 29.6 Å². The number of fused-ring (bicyclic) bond motifs is 1. The van der Waals surface area contributed by atoms with Crippen molar-refractivity contribution >= 4 is 11.0 Å². The number of methoxy groups -OCH3 is 1. The van der Waals surface area contributed by atoms with Crippen molar-refractivity contribution < 1.29 is 4.74 Å². The number of allylic oxidation sites excluding steroid dienone is 1. The molecule has 0 spiro atoms. The van der Waals surface area contributed by atoms with Gasteiger partial charge in [-0.15, -0.1) is 0 Å². The standard InChI is InChI=1S/C24H37N3O/c1-15(2)13-25-14-19-9-17(5)18(10-21(19)16(3)4)11-24-26-22-8-7-20(28-6)12-23(22)27-24/h7-9,12,15-16,18-19,21,25H,10-11,13-14H2,1-6H3,(H,26,27)/t18-,19-,21-/m0/s1. The fourth-order valence-electron chi connectivity index (χ4n) is 4.55. The minimum absolute atomic E-state index is 0.566. The fraction of sp³-hybridized carbons (Fsp3) is 0.625. The molecule has 154 valence electrons. The summed E-state index contributed by atoms with van der Waals surface area (Å²) in [5.41, 5.74) is 3.60. The van der Waals surface area contributed by atoms with E-state index < -0.39 is 0 Å². The summed E-state index contributed by atoms with van der Waals surface area (Å²) in [6.45, 7) is 13.8. The van der Waals surface area contributed by atoms with E-state index in [4.69, 9.17) is 9.72 Å². The van der Waals surface area contributed by atoms with E-state index in [0.29, 0.717) is 23.7 Å². The molecular formula is C24H37N3O. The van der Waals surface area contributed by atoms with E-state index in [-0.39, 0.29) is 0 Å². The van der Waals surface area contributed by atoms with E-state index >= 15 is 0 Å². The van der Waals surface area contributed by atoms with Gasteiger partial charge in [0.2, 0.25) is 0 Å². The van der Waals surface area contributed by atoms with Crippen molar-refractivity contribution in [2.75, 3.05) is 20.2 Å². The molecular weight excluding hydrogens is 346 g/mol.